The Hall–Kier alpha value is -3.56. The standard InChI is InChI=1S/C16H18N6O4/c1-22-7-6-11(21-22)14-19-20-16(26-14)18-15(23)17-9-10-4-5-12(24-2)13(8-10)25-3/h4-8H,9H2,1-3H3,(H2,17,18,20,23). The van der Waals surface area contributed by atoms with Crippen molar-refractivity contribution in [2.45, 2.75) is 6.54 Å². The summed E-state index contributed by atoms with van der Waals surface area (Å²) < 4.78 is 17.4. The summed E-state index contributed by atoms with van der Waals surface area (Å²) >= 11 is 0. The van der Waals surface area contributed by atoms with E-state index in [1.807, 2.05) is 6.07 Å². The molecule has 0 spiro atoms. The molecule has 0 saturated heterocycles. The number of nitrogens with one attached hydrogen (secondary N) is 2. The number of carbonyl (C=O) groups excluding carboxylic acids is 1. The second kappa shape index (κ2) is 7.55. The number of aromatic nitrogens is 4. The Morgan fingerprint density at radius 2 is 2.00 bits per heavy atom. The summed E-state index contributed by atoms with van der Waals surface area (Å²) in [6.45, 7) is 0.285. The maximum atomic E-state index is 12.0. The Bertz CT molecular complexity index is 904. The van der Waals surface area contributed by atoms with Gasteiger partial charge in [0.2, 0.25) is 0 Å². The summed E-state index contributed by atoms with van der Waals surface area (Å²) in [5.41, 5.74) is 1.37. The van der Waals surface area contributed by atoms with Crippen LogP contribution in [0.5, 0.6) is 11.5 Å². The molecule has 2 N–H and O–H groups in total. The molecule has 2 aromatic heterocycles. The number of ether oxygens (including phenoxy) is 2. The third kappa shape index (κ3) is 3.91. The van der Waals surface area contributed by atoms with E-state index in [1.54, 1.807) is 50.3 Å². The molecule has 0 bridgehead atoms. The lowest BCUT2D eigenvalue weighted by Gasteiger charge is -2.10. The number of methoxy groups -OCH3 is 2. The first-order valence-electron chi connectivity index (χ1n) is 7.68. The minimum atomic E-state index is -0.476. The summed E-state index contributed by atoms with van der Waals surface area (Å²) in [5, 5.41) is 16.9. The van der Waals surface area contributed by atoms with Crippen LogP contribution in [0.25, 0.3) is 11.6 Å². The van der Waals surface area contributed by atoms with Crippen LogP contribution in [0.1, 0.15) is 5.56 Å². The van der Waals surface area contributed by atoms with E-state index in [-0.39, 0.29) is 18.5 Å². The monoisotopic (exact) mass is 358 g/mol. The summed E-state index contributed by atoms with van der Waals surface area (Å²) in [4.78, 5) is 12.0. The topological polar surface area (TPSA) is 116 Å². The molecule has 1 aromatic carbocycles. The lowest BCUT2D eigenvalue weighted by Crippen LogP contribution is -2.28. The predicted molar refractivity (Wildman–Crippen MR) is 91.9 cm³/mol. The Morgan fingerprint density at radius 1 is 1.19 bits per heavy atom. The van der Waals surface area contributed by atoms with Crippen molar-refractivity contribution in [3.63, 3.8) is 0 Å². The van der Waals surface area contributed by atoms with E-state index in [1.165, 1.54) is 0 Å². The number of rotatable bonds is 6. The molecule has 0 unspecified atom stereocenters. The molecule has 0 atom stereocenters. The molecule has 10 nitrogen and oxygen atoms in total. The second-order valence-electron chi connectivity index (χ2n) is 5.28. The van der Waals surface area contributed by atoms with Crippen LogP contribution < -0.4 is 20.1 Å². The number of hydrogen-bond acceptors (Lipinski definition) is 7. The van der Waals surface area contributed by atoms with Crippen LogP contribution in [0.15, 0.2) is 34.9 Å². The number of hydrogen-bond donors (Lipinski definition) is 2. The SMILES string of the molecule is COc1ccc(CNC(=O)Nc2nnc(-c3ccn(C)n3)o2)cc1OC. The van der Waals surface area contributed by atoms with Crippen LogP contribution in [0.2, 0.25) is 0 Å². The zero-order valence-electron chi connectivity index (χ0n) is 14.5. The van der Waals surface area contributed by atoms with Gasteiger partial charge in [-0.1, -0.05) is 11.2 Å². The van der Waals surface area contributed by atoms with E-state index in [0.717, 1.165) is 5.56 Å². The van der Waals surface area contributed by atoms with Crippen LogP contribution in [-0.4, -0.2) is 40.2 Å². The number of urea groups is 1. The minimum Gasteiger partial charge on any atom is -0.493 e. The first-order valence-corrected chi connectivity index (χ1v) is 7.68. The Balaban J connectivity index is 1.57. The van der Waals surface area contributed by atoms with Crippen molar-refractivity contribution in [1.82, 2.24) is 25.3 Å². The van der Waals surface area contributed by atoms with E-state index >= 15 is 0 Å². The van der Waals surface area contributed by atoms with Crippen molar-refractivity contribution in [2.75, 3.05) is 19.5 Å². The van der Waals surface area contributed by atoms with Crippen molar-refractivity contribution >= 4 is 12.0 Å². The average Bonchev–Trinajstić information content (AvgIpc) is 3.28. The van der Waals surface area contributed by atoms with Gasteiger partial charge >= 0.3 is 12.0 Å². The van der Waals surface area contributed by atoms with Gasteiger partial charge in [-0.15, -0.1) is 5.10 Å². The highest BCUT2D eigenvalue weighted by Gasteiger charge is 2.13. The first-order chi connectivity index (χ1) is 12.6. The van der Waals surface area contributed by atoms with Crippen LogP contribution in [0.4, 0.5) is 10.8 Å². The Kier molecular flexibility index (Phi) is 5.02. The third-order valence-electron chi connectivity index (χ3n) is 3.48. The normalized spacial score (nSPS) is 10.4. The van der Waals surface area contributed by atoms with Gasteiger partial charge in [-0.25, -0.2) is 4.79 Å². The molecule has 136 valence electrons. The number of benzene rings is 1. The van der Waals surface area contributed by atoms with Gasteiger partial charge in [0.15, 0.2) is 11.5 Å². The highest BCUT2D eigenvalue weighted by Crippen LogP contribution is 2.27. The second-order valence-corrected chi connectivity index (χ2v) is 5.28. The van der Waals surface area contributed by atoms with Crippen LogP contribution >= 0.6 is 0 Å². The van der Waals surface area contributed by atoms with Crippen molar-refractivity contribution < 1.29 is 18.7 Å². The van der Waals surface area contributed by atoms with Gasteiger partial charge < -0.3 is 19.2 Å². The van der Waals surface area contributed by atoms with Crippen LogP contribution in [-0.2, 0) is 13.6 Å². The third-order valence-corrected chi connectivity index (χ3v) is 3.48. The summed E-state index contributed by atoms with van der Waals surface area (Å²) in [7, 11) is 4.89. The lowest BCUT2D eigenvalue weighted by atomic mass is 10.2. The Morgan fingerprint density at radius 3 is 2.69 bits per heavy atom. The van der Waals surface area contributed by atoms with E-state index in [0.29, 0.717) is 17.2 Å². The van der Waals surface area contributed by atoms with E-state index in [2.05, 4.69) is 25.9 Å². The van der Waals surface area contributed by atoms with Crippen molar-refractivity contribution in [3.8, 4) is 23.1 Å². The fraction of sp³-hybridized carbons (Fsp3) is 0.250. The molecule has 0 aliphatic rings. The van der Waals surface area contributed by atoms with Gasteiger partial charge in [0, 0.05) is 19.8 Å². The Labute approximate surface area is 149 Å². The fourth-order valence-electron chi connectivity index (χ4n) is 2.22. The molecular formula is C16H18N6O4. The molecule has 3 aromatic rings. The number of nitrogens with zero attached hydrogens (tertiary/aromatic N) is 4. The highest BCUT2D eigenvalue weighted by atomic mass is 16.5. The molecule has 3 rings (SSSR count). The van der Waals surface area contributed by atoms with Crippen molar-refractivity contribution in [3.05, 3.63) is 36.0 Å². The predicted octanol–water partition coefficient (Wildman–Crippen LogP) is 1.81. The lowest BCUT2D eigenvalue weighted by molar-refractivity contribution is 0.251. The van der Waals surface area contributed by atoms with Crippen molar-refractivity contribution in [2.24, 2.45) is 7.05 Å². The highest BCUT2D eigenvalue weighted by molar-refractivity contribution is 5.86. The van der Waals surface area contributed by atoms with E-state index in [4.69, 9.17) is 13.9 Å². The quantitative estimate of drug-likeness (QED) is 0.690. The summed E-state index contributed by atoms with van der Waals surface area (Å²) in [6.07, 6.45) is 1.75. The zero-order chi connectivity index (χ0) is 18.5. The van der Waals surface area contributed by atoms with Crippen LogP contribution in [0.3, 0.4) is 0 Å². The number of carbonyl (C=O) groups is 1. The molecule has 0 saturated carbocycles. The fourth-order valence-corrected chi connectivity index (χ4v) is 2.22. The van der Waals surface area contributed by atoms with E-state index < -0.39 is 6.03 Å². The van der Waals surface area contributed by atoms with E-state index in [9.17, 15) is 4.79 Å². The van der Waals surface area contributed by atoms with Gasteiger partial charge in [-0.05, 0) is 23.8 Å². The van der Waals surface area contributed by atoms with Crippen molar-refractivity contribution in [1.29, 1.82) is 0 Å². The number of amides is 2. The maximum absolute atomic E-state index is 12.0. The molecule has 0 radical (unpaired) electrons. The summed E-state index contributed by atoms with van der Waals surface area (Å²) in [6, 6.07) is 6.61. The first kappa shape index (κ1) is 17.3. The van der Waals surface area contributed by atoms with Gasteiger partial charge in [0.1, 0.15) is 5.69 Å². The largest absolute Gasteiger partial charge is 0.493 e. The zero-order valence-corrected chi connectivity index (χ0v) is 14.5. The number of anilines is 1. The molecule has 0 fully saturated rings. The smallest absolute Gasteiger partial charge is 0.324 e. The average molecular weight is 358 g/mol. The number of aryl methyl sites for hydroxylation is 1. The van der Waals surface area contributed by atoms with Gasteiger partial charge in [-0.3, -0.25) is 10.00 Å². The molecule has 2 heterocycles. The molecule has 10 heteroatoms. The minimum absolute atomic E-state index is 0.0181. The van der Waals surface area contributed by atoms with Gasteiger partial charge in [0.25, 0.3) is 5.89 Å². The van der Waals surface area contributed by atoms with Gasteiger partial charge in [0.05, 0.1) is 14.2 Å². The molecular weight excluding hydrogens is 340 g/mol. The van der Waals surface area contributed by atoms with Crippen LogP contribution in [0, 0.1) is 0 Å². The summed E-state index contributed by atoms with van der Waals surface area (Å²) in [5.74, 6) is 1.43. The molecule has 26 heavy (non-hydrogen) atoms. The maximum Gasteiger partial charge on any atom is 0.324 e. The molecule has 0 aliphatic heterocycles. The molecule has 0 aliphatic carbocycles. The molecule has 2 amide bonds. The van der Waals surface area contributed by atoms with Gasteiger partial charge in [-0.2, -0.15) is 5.10 Å².